The highest BCUT2D eigenvalue weighted by Gasteiger charge is 2.29. The first-order chi connectivity index (χ1) is 8.15. The van der Waals surface area contributed by atoms with Crippen LogP contribution in [0.2, 0.25) is 10.0 Å². The zero-order chi connectivity index (χ0) is 12.0. The van der Waals surface area contributed by atoms with E-state index in [4.69, 9.17) is 27.6 Å². The van der Waals surface area contributed by atoms with Gasteiger partial charge in [-0.1, -0.05) is 30.1 Å². The molecule has 2 unspecified atom stereocenters. The summed E-state index contributed by atoms with van der Waals surface area (Å²) >= 11 is 12.0. The minimum absolute atomic E-state index is 0.178. The van der Waals surface area contributed by atoms with Crippen molar-refractivity contribution < 1.29 is 4.42 Å². The van der Waals surface area contributed by atoms with E-state index in [0.29, 0.717) is 27.4 Å². The van der Waals surface area contributed by atoms with Crippen LogP contribution in [0.5, 0.6) is 0 Å². The predicted octanol–water partition coefficient (Wildman–Crippen LogP) is 3.81. The standard InChI is InChI=1S/C12H12Cl2N2O/c1-6-2-3-15-10(6)12-16-9-5-7(13)4-8(14)11(9)17-12/h4-6,10,15H,2-3H2,1H3. The number of halogens is 2. The Morgan fingerprint density at radius 3 is 2.94 bits per heavy atom. The number of nitrogens with one attached hydrogen (secondary N) is 1. The summed E-state index contributed by atoms with van der Waals surface area (Å²) in [5, 5.41) is 4.47. The summed E-state index contributed by atoms with van der Waals surface area (Å²) in [4.78, 5) is 4.47. The Hall–Kier alpha value is -0.770. The van der Waals surface area contributed by atoms with E-state index in [1.807, 2.05) is 0 Å². The zero-order valence-corrected chi connectivity index (χ0v) is 10.8. The van der Waals surface area contributed by atoms with E-state index in [-0.39, 0.29) is 6.04 Å². The third kappa shape index (κ3) is 1.92. The Bertz CT molecular complexity index is 567. The molecular weight excluding hydrogens is 259 g/mol. The molecule has 3 nitrogen and oxygen atoms in total. The molecule has 0 amide bonds. The van der Waals surface area contributed by atoms with Crippen LogP contribution in [0, 0.1) is 5.92 Å². The molecule has 1 saturated heterocycles. The van der Waals surface area contributed by atoms with Crippen molar-refractivity contribution in [2.45, 2.75) is 19.4 Å². The lowest BCUT2D eigenvalue weighted by Crippen LogP contribution is -2.16. The normalized spacial score (nSPS) is 24.6. The molecular formula is C12H12Cl2N2O. The summed E-state index contributed by atoms with van der Waals surface area (Å²) in [6.45, 7) is 3.19. The van der Waals surface area contributed by atoms with Crippen LogP contribution in [0.1, 0.15) is 25.3 Å². The Labute approximate surface area is 109 Å². The largest absolute Gasteiger partial charge is 0.437 e. The van der Waals surface area contributed by atoms with Gasteiger partial charge in [0, 0.05) is 5.02 Å². The molecule has 1 fully saturated rings. The molecule has 1 aliphatic rings. The first-order valence-corrected chi connectivity index (χ1v) is 6.39. The number of benzene rings is 1. The Kier molecular flexibility index (Phi) is 2.77. The van der Waals surface area contributed by atoms with Crippen LogP contribution in [0.25, 0.3) is 11.1 Å². The summed E-state index contributed by atoms with van der Waals surface area (Å²) in [5.74, 6) is 1.23. The fourth-order valence-electron chi connectivity index (χ4n) is 2.28. The van der Waals surface area contributed by atoms with Crippen LogP contribution in [-0.4, -0.2) is 11.5 Å². The summed E-state index contributed by atoms with van der Waals surface area (Å²) < 4.78 is 5.74. The molecule has 90 valence electrons. The molecule has 0 spiro atoms. The van der Waals surface area contributed by atoms with Gasteiger partial charge in [-0.3, -0.25) is 0 Å². The van der Waals surface area contributed by atoms with Crippen LogP contribution >= 0.6 is 23.2 Å². The number of rotatable bonds is 1. The van der Waals surface area contributed by atoms with Crippen molar-refractivity contribution in [3.63, 3.8) is 0 Å². The van der Waals surface area contributed by atoms with Crippen molar-refractivity contribution >= 4 is 34.3 Å². The van der Waals surface area contributed by atoms with Gasteiger partial charge in [0.05, 0.1) is 11.1 Å². The van der Waals surface area contributed by atoms with Crippen molar-refractivity contribution in [3.8, 4) is 0 Å². The molecule has 0 radical (unpaired) electrons. The lowest BCUT2D eigenvalue weighted by molar-refractivity contribution is 0.394. The fourth-order valence-corrected chi connectivity index (χ4v) is 2.80. The number of oxazole rings is 1. The lowest BCUT2D eigenvalue weighted by Gasteiger charge is -2.10. The first-order valence-electron chi connectivity index (χ1n) is 5.64. The van der Waals surface area contributed by atoms with Crippen molar-refractivity contribution in [3.05, 3.63) is 28.1 Å². The highest BCUT2D eigenvalue weighted by Crippen LogP contribution is 2.34. The quantitative estimate of drug-likeness (QED) is 0.857. The third-order valence-corrected chi connectivity index (χ3v) is 3.72. The van der Waals surface area contributed by atoms with Crippen LogP contribution in [0.4, 0.5) is 0 Å². The minimum Gasteiger partial charge on any atom is -0.437 e. The van der Waals surface area contributed by atoms with E-state index < -0.39 is 0 Å². The van der Waals surface area contributed by atoms with Crippen molar-refractivity contribution in [1.29, 1.82) is 0 Å². The molecule has 1 N–H and O–H groups in total. The van der Waals surface area contributed by atoms with E-state index in [9.17, 15) is 0 Å². The topological polar surface area (TPSA) is 38.1 Å². The van der Waals surface area contributed by atoms with Crippen molar-refractivity contribution in [2.24, 2.45) is 5.92 Å². The second kappa shape index (κ2) is 4.16. The van der Waals surface area contributed by atoms with Crippen molar-refractivity contribution in [1.82, 2.24) is 10.3 Å². The van der Waals surface area contributed by atoms with Crippen LogP contribution in [-0.2, 0) is 0 Å². The van der Waals surface area contributed by atoms with E-state index in [2.05, 4.69) is 17.2 Å². The second-order valence-corrected chi connectivity index (χ2v) is 5.33. The molecule has 2 aromatic rings. The van der Waals surface area contributed by atoms with Crippen LogP contribution in [0.3, 0.4) is 0 Å². The molecule has 0 saturated carbocycles. The van der Waals surface area contributed by atoms with Gasteiger partial charge >= 0.3 is 0 Å². The average molecular weight is 271 g/mol. The Balaban J connectivity index is 2.10. The Morgan fingerprint density at radius 2 is 2.24 bits per heavy atom. The van der Waals surface area contributed by atoms with Gasteiger partial charge in [0.15, 0.2) is 5.58 Å². The van der Waals surface area contributed by atoms with Gasteiger partial charge in [0.25, 0.3) is 0 Å². The van der Waals surface area contributed by atoms with Gasteiger partial charge in [0.1, 0.15) is 5.52 Å². The molecule has 1 aliphatic heterocycles. The monoisotopic (exact) mass is 270 g/mol. The maximum Gasteiger partial charge on any atom is 0.212 e. The number of hydrogen-bond donors (Lipinski definition) is 1. The summed E-state index contributed by atoms with van der Waals surface area (Å²) in [6, 6.07) is 3.62. The van der Waals surface area contributed by atoms with Gasteiger partial charge in [-0.25, -0.2) is 4.98 Å². The third-order valence-electron chi connectivity index (χ3n) is 3.23. The number of fused-ring (bicyclic) bond motifs is 1. The minimum atomic E-state index is 0.178. The highest BCUT2D eigenvalue weighted by atomic mass is 35.5. The Morgan fingerprint density at radius 1 is 1.41 bits per heavy atom. The second-order valence-electron chi connectivity index (χ2n) is 4.49. The van der Waals surface area contributed by atoms with E-state index in [0.717, 1.165) is 18.5 Å². The highest BCUT2D eigenvalue weighted by molar-refractivity contribution is 6.37. The van der Waals surface area contributed by atoms with Gasteiger partial charge in [-0.2, -0.15) is 0 Å². The SMILES string of the molecule is CC1CCNC1c1nc2cc(Cl)cc(Cl)c2o1. The summed E-state index contributed by atoms with van der Waals surface area (Å²) in [7, 11) is 0. The molecule has 2 atom stereocenters. The molecule has 0 bridgehead atoms. The van der Waals surface area contributed by atoms with Gasteiger partial charge in [0.2, 0.25) is 5.89 Å². The number of hydrogen-bond acceptors (Lipinski definition) is 3. The maximum absolute atomic E-state index is 6.08. The average Bonchev–Trinajstić information content (AvgIpc) is 2.83. The molecule has 17 heavy (non-hydrogen) atoms. The predicted molar refractivity (Wildman–Crippen MR) is 68.6 cm³/mol. The van der Waals surface area contributed by atoms with Gasteiger partial charge < -0.3 is 9.73 Å². The summed E-state index contributed by atoms with van der Waals surface area (Å²) in [5.41, 5.74) is 1.34. The van der Waals surface area contributed by atoms with E-state index in [1.165, 1.54) is 0 Å². The van der Waals surface area contributed by atoms with E-state index >= 15 is 0 Å². The van der Waals surface area contributed by atoms with Crippen LogP contribution in [0.15, 0.2) is 16.5 Å². The number of aromatic nitrogens is 1. The van der Waals surface area contributed by atoms with Crippen LogP contribution < -0.4 is 5.32 Å². The molecule has 5 heteroatoms. The lowest BCUT2D eigenvalue weighted by atomic mass is 10.0. The molecule has 0 aliphatic carbocycles. The maximum atomic E-state index is 6.08. The van der Waals surface area contributed by atoms with Gasteiger partial charge in [-0.05, 0) is 31.0 Å². The molecule has 3 rings (SSSR count). The van der Waals surface area contributed by atoms with E-state index in [1.54, 1.807) is 12.1 Å². The molecule has 2 heterocycles. The zero-order valence-electron chi connectivity index (χ0n) is 9.34. The molecule has 1 aromatic carbocycles. The fraction of sp³-hybridized carbons (Fsp3) is 0.417. The van der Waals surface area contributed by atoms with Crippen molar-refractivity contribution in [2.75, 3.05) is 6.54 Å². The number of nitrogens with zero attached hydrogens (tertiary/aromatic N) is 1. The smallest absolute Gasteiger partial charge is 0.212 e. The molecule has 1 aromatic heterocycles. The first kappa shape index (κ1) is 11.3. The van der Waals surface area contributed by atoms with Gasteiger partial charge in [-0.15, -0.1) is 0 Å². The summed E-state index contributed by atoms with van der Waals surface area (Å²) in [6.07, 6.45) is 1.14.